The topological polar surface area (TPSA) is 76.9 Å². The average Bonchev–Trinajstić information content (AvgIpc) is 3.20. The number of aromatic nitrogens is 3. The molecule has 7 heteroatoms. The molecule has 6 nitrogen and oxygen atoms in total. The Kier molecular flexibility index (Phi) is 4.77. The van der Waals surface area contributed by atoms with E-state index >= 15 is 0 Å². The van der Waals surface area contributed by atoms with Crippen LogP contribution in [0.1, 0.15) is 40.2 Å². The molecule has 1 aliphatic rings. The van der Waals surface area contributed by atoms with Crippen molar-refractivity contribution in [1.29, 1.82) is 0 Å². The number of fused-ring (bicyclic) bond motifs is 1. The van der Waals surface area contributed by atoms with Gasteiger partial charge in [-0.25, -0.2) is 0 Å². The highest BCUT2D eigenvalue weighted by molar-refractivity contribution is 7.99. The zero-order valence-electron chi connectivity index (χ0n) is 15.9. The molecule has 0 unspecified atom stereocenters. The maximum absolute atomic E-state index is 12.7. The summed E-state index contributed by atoms with van der Waals surface area (Å²) in [5.74, 6) is 0.752. The molecule has 4 rings (SSSR count). The molecule has 1 aromatic heterocycles. The number of carbonyl (C=O) groups excluding carboxylic acids is 2. The molecule has 0 fully saturated rings. The van der Waals surface area contributed by atoms with Crippen molar-refractivity contribution in [3.8, 4) is 5.69 Å². The first-order chi connectivity index (χ1) is 13.4. The van der Waals surface area contributed by atoms with E-state index in [2.05, 4.69) is 15.5 Å². The van der Waals surface area contributed by atoms with Gasteiger partial charge in [0.1, 0.15) is 5.82 Å². The van der Waals surface area contributed by atoms with Gasteiger partial charge in [0.15, 0.2) is 10.9 Å². The highest BCUT2D eigenvalue weighted by Crippen LogP contribution is 2.33. The maximum atomic E-state index is 12.7. The van der Waals surface area contributed by atoms with Crippen LogP contribution in [0.2, 0.25) is 0 Å². The van der Waals surface area contributed by atoms with E-state index in [0.717, 1.165) is 22.8 Å². The molecular weight excluding hydrogens is 372 g/mol. The summed E-state index contributed by atoms with van der Waals surface area (Å²) < 4.78 is 1.95. The van der Waals surface area contributed by atoms with Crippen LogP contribution in [0.4, 0.5) is 5.69 Å². The molecule has 142 valence electrons. The zero-order valence-corrected chi connectivity index (χ0v) is 16.7. The van der Waals surface area contributed by atoms with Gasteiger partial charge in [-0.3, -0.25) is 14.2 Å². The number of rotatable bonds is 5. The zero-order chi connectivity index (χ0) is 19.8. The molecule has 28 heavy (non-hydrogen) atoms. The van der Waals surface area contributed by atoms with Gasteiger partial charge in [0, 0.05) is 16.9 Å². The Morgan fingerprint density at radius 3 is 2.64 bits per heavy atom. The van der Waals surface area contributed by atoms with Crippen molar-refractivity contribution in [2.75, 3.05) is 11.1 Å². The summed E-state index contributed by atoms with van der Waals surface area (Å²) in [5.41, 5.74) is 4.42. The standard InChI is InChI=1S/C21H20N4O2S/c1-12-4-7-16(8-5-12)25-14(3)23-24-21(25)28-11-19(26)15-6-9-18-17(10-15)13(2)20(27)22-18/h4-10,13H,11H2,1-3H3,(H,22,27)/t13-/m0/s1. The first kappa shape index (κ1) is 18.4. The van der Waals surface area contributed by atoms with Crippen molar-refractivity contribution in [2.24, 2.45) is 0 Å². The fourth-order valence-electron chi connectivity index (χ4n) is 3.23. The molecule has 0 spiro atoms. The molecule has 2 heterocycles. The van der Waals surface area contributed by atoms with Crippen LogP contribution in [0.25, 0.3) is 5.69 Å². The van der Waals surface area contributed by atoms with Crippen molar-refractivity contribution in [2.45, 2.75) is 31.8 Å². The van der Waals surface area contributed by atoms with Gasteiger partial charge in [0.25, 0.3) is 0 Å². The number of hydrogen-bond acceptors (Lipinski definition) is 5. The van der Waals surface area contributed by atoms with Gasteiger partial charge in [-0.15, -0.1) is 10.2 Å². The molecular formula is C21H20N4O2S. The van der Waals surface area contributed by atoms with Crippen molar-refractivity contribution in [3.05, 3.63) is 65.0 Å². The van der Waals surface area contributed by atoms with E-state index in [1.807, 2.05) is 55.7 Å². The minimum absolute atomic E-state index is 0.00421. The lowest BCUT2D eigenvalue weighted by Gasteiger charge is -2.09. The van der Waals surface area contributed by atoms with Crippen LogP contribution in [0.15, 0.2) is 47.6 Å². The maximum Gasteiger partial charge on any atom is 0.231 e. The third kappa shape index (κ3) is 3.33. The number of nitrogens with one attached hydrogen (secondary N) is 1. The smallest absolute Gasteiger partial charge is 0.231 e. The van der Waals surface area contributed by atoms with Gasteiger partial charge in [-0.1, -0.05) is 29.5 Å². The van der Waals surface area contributed by atoms with Crippen molar-refractivity contribution >= 4 is 29.1 Å². The fraction of sp³-hybridized carbons (Fsp3) is 0.238. The summed E-state index contributed by atoms with van der Waals surface area (Å²) in [6.07, 6.45) is 0. The first-order valence-electron chi connectivity index (χ1n) is 9.04. The summed E-state index contributed by atoms with van der Waals surface area (Å²) in [4.78, 5) is 24.5. The molecule has 3 aromatic rings. The number of hydrogen-bond donors (Lipinski definition) is 1. The Morgan fingerprint density at radius 2 is 1.89 bits per heavy atom. The molecule has 0 radical (unpaired) electrons. The summed E-state index contributed by atoms with van der Waals surface area (Å²) in [6, 6.07) is 13.5. The van der Waals surface area contributed by atoms with E-state index in [9.17, 15) is 9.59 Å². The Hall–Kier alpha value is -2.93. The minimum Gasteiger partial charge on any atom is -0.325 e. The Bertz CT molecular complexity index is 1070. The van der Waals surface area contributed by atoms with Crippen LogP contribution in [0, 0.1) is 13.8 Å². The van der Waals surface area contributed by atoms with E-state index in [1.165, 1.54) is 17.3 Å². The van der Waals surface area contributed by atoms with E-state index in [1.54, 1.807) is 12.1 Å². The lowest BCUT2D eigenvalue weighted by Crippen LogP contribution is -2.08. The van der Waals surface area contributed by atoms with Crippen LogP contribution in [0.5, 0.6) is 0 Å². The lowest BCUT2D eigenvalue weighted by molar-refractivity contribution is -0.116. The fourth-order valence-corrected chi connectivity index (χ4v) is 4.12. The summed E-state index contributed by atoms with van der Waals surface area (Å²) in [6.45, 7) is 5.78. The van der Waals surface area contributed by atoms with E-state index < -0.39 is 0 Å². The van der Waals surface area contributed by atoms with Gasteiger partial charge in [0.2, 0.25) is 5.91 Å². The van der Waals surface area contributed by atoms with E-state index in [-0.39, 0.29) is 23.4 Å². The number of carbonyl (C=O) groups is 2. The number of benzene rings is 2. The highest BCUT2D eigenvalue weighted by atomic mass is 32.2. The SMILES string of the molecule is Cc1ccc(-n2c(C)nnc2SCC(=O)c2ccc3c(c2)[C@H](C)C(=O)N3)cc1. The first-order valence-corrected chi connectivity index (χ1v) is 10.0. The molecule has 1 amide bonds. The van der Waals surface area contributed by atoms with E-state index in [0.29, 0.717) is 10.7 Å². The van der Waals surface area contributed by atoms with Crippen molar-refractivity contribution < 1.29 is 9.59 Å². The van der Waals surface area contributed by atoms with Crippen LogP contribution < -0.4 is 5.32 Å². The third-order valence-electron chi connectivity index (χ3n) is 4.91. The Balaban J connectivity index is 1.52. The number of aryl methyl sites for hydroxylation is 2. The molecule has 0 bridgehead atoms. The van der Waals surface area contributed by atoms with Crippen molar-refractivity contribution in [3.63, 3.8) is 0 Å². The van der Waals surface area contributed by atoms with Crippen LogP contribution >= 0.6 is 11.8 Å². The number of nitrogens with zero attached hydrogens (tertiary/aromatic N) is 3. The van der Waals surface area contributed by atoms with Crippen LogP contribution in [0.3, 0.4) is 0 Å². The second kappa shape index (κ2) is 7.24. The molecule has 1 N–H and O–H groups in total. The highest BCUT2D eigenvalue weighted by Gasteiger charge is 2.27. The third-order valence-corrected chi connectivity index (χ3v) is 5.84. The number of thioether (sulfide) groups is 1. The van der Waals surface area contributed by atoms with Gasteiger partial charge in [0.05, 0.1) is 11.7 Å². The number of Topliss-reactive ketones (excluding diaryl/α,β-unsaturated/α-hetero) is 1. The quantitative estimate of drug-likeness (QED) is 0.526. The second-order valence-electron chi connectivity index (χ2n) is 6.93. The molecule has 1 aliphatic heterocycles. The second-order valence-corrected chi connectivity index (χ2v) is 7.87. The van der Waals surface area contributed by atoms with Gasteiger partial charge >= 0.3 is 0 Å². The van der Waals surface area contributed by atoms with Gasteiger partial charge in [-0.2, -0.15) is 0 Å². The van der Waals surface area contributed by atoms with Crippen molar-refractivity contribution in [1.82, 2.24) is 14.8 Å². The monoisotopic (exact) mass is 392 g/mol. The average molecular weight is 392 g/mol. The minimum atomic E-state index is -0.234. The number of ketones is 1. The van der Waals surface area contributed by atoms with Crippen LogP contribution in [-0.2, 0) is 4.79 Å². The summed E-state index contributed by atoms with van der Waals surface area (Å²) in [7, 11) is 0. The summed E-state index contributed by atoms with van der Waals surface area (Å²) in [5, 5.41) is 11.9. The Morgan fingerprint density at radius 1 is 1.14 bits per heavy atom. The molecule has 0 aliphatic carbocycles. The summed E-state index contributed by atoms with van der Waals surface area (Å²) >= 11 is 1.36. The molecule has 0 saturated carbocycles. The Labute approximate surface area is 167 Å². The van der Waals surface area contributed by atoms with E-state index in [4.69, 9.17) is 0 Å². The predicted octanol–water partition coefficient (Wildman–Crippen LogP) is 3.91. The molecule has 2 aromatic carbocycles. The lowest BCUT2D eigenvalue weighted by atomic mass is 9.99. The van der Waals surface area contributed by atoms with Gasteiger partial charge < -0.3 is 5.32 Å². The van der Waals surface area contributed by atoms with Crippen LogP contribution in [-0.4, -0.2) is 32.2 Å². The normalized spacial score (nSPS) is 15.4. The largest absolute Gasteiger partial charge is 0.325 e. The number of amides is 1. The predicted molar refractivity (Wildman–Crippen MR) is 109 cm³/mol. The molecule has 0 saturated heterocycles. The molecule has 1 atom stereocenters. The van der Waals surface area contributed by atoms with Gasteiger partial charge in [-0.05, 0) is 56.7 Å². The number of anilines is 1.